The Balaban J connectivity index is 2.19. The summed E-state index contributed by atoms with van der Waals surface area (Å²) in [6.45, 7) is 1.55. The van der Waals surface area contributed by atoms with Crippen LogP contribution >= 0.6 is 0 Å². The Hall–Kier alpha value is -3.11. The van der Waals surface area contributed by atoms with Gasteiger partial charge in [-0.25, -0.2) is 9.97 Å². The van der Waals surface area contributed by atoms with Gasteiger partial charge in [0.25, 0.3) is 5.69 Å². The van der Waals surface area contributed by atoms with E-state index >= 15 is 0 Å². The highest BCUT2D eigenvalue weighted by Crippen LogP contribution is 2.22. The molecule has 1 N–H and O–H groups in total. The molecule has 0 aliphatic heterocycles. The smallest absolute Gasteiger partial charge is 0.308 e. The molecule has 1 aromatic carbocycles. The average molecular weight is 376 g/mol. The van der Waals surface area contributed by atoms with Crippen molar-refractivity contribution < 1.29 is 23.9 Å². The Labute approximate surface area is 155 Å². The fourth-order valence-electron chi connectivity index (χ4n) is 2.21. The number of ether oxygens (including phenoxy) is 3. The van der Waals surface area contributed by atoms with Crippen molar-refractivity contribution in [3.8, 4) is 5.75 Å². The van der Waals surface area contributed by atoms with E-state index in [0.29, 0.717) is 18.1 Å². The summed E-state index contributed by atoms with van der Waals surface area (Å²) < 4.78 is 15.3. The third kappa shape index (κ3) is 5.97. The zero-order valence-electron chi connectivity index (χ0n) is 15.2. The Bertz CT molecular complexity index is 793. The number of hydrogen-bond donors (Lipinski definition) is 1. The molecule has 0 atom stereocenters. The van der Waals surface area contributed by atoms with Crippen molar-refractivity contribution >= 4 is 17.5 Å². The summed E-state index contributed by atoms with van der Waals surface area (Å²) in [7, 11) is 3.01. The van der Waals surface area contributed by atoms with Crippen molar-refractivity contribution in [3.05, 3.63) is 52.0 Å². The molecule has 2 rings (SSSR count). The molecule has 0 amide bonds. The largest absolute Gasteiger partial charge is 0.421 e. The molecular weight excluding hydrogens is 356 g/mol. The summed E-state index contributed by atoms with van der Waals surface area (Å²) in [6.07, 6.45) is 1.24. The molecule has 1 aromatic heterocycles. The van der Waals surface area contributed by atoms with Crippen LogP contribution in [0.3, 0.4) is 0 Å². The van der Waals surface area contributed by atoms with Crippen molar-refractivity contribution in [1.82, 2.24) is 9.97 Å². The second-order valence-corrected chi connectivity index (χ2v) is 5.47. The molecule has 2 aromatic rings. The first-order chi connectivity index (χ1) is 12.9. The van der Waals surface area contributed by atoms with E-state index < -0.39 is 17.2 Å². The monoisotopic (exact) mass is 376 g/mol. The van der Waals surface area contributed by atoms with Crippen molar-refractivity contribution in [2.24, 2.45) is 0 Å². The molecule has 0 radical (unpaired) electrons. The molecule has 0 fully saturated rings. The first-order valence-electron chi connectivity index (χ1n) is 8.00. The van der Waals surface area contributed by atoms with E-state index in [0.717, 1.165) is 5.56 Å². The van der Waals surface area contributed by atoms with Gasteiger partial charge < -0.3 is 19.5 Å². The lowest BCUT2D eigenvalue weighted by Gasteiger charge is -2.16. The SMILES string of the molecule is COC(CNc1nc(Cc2ccc([N+](=O)[O-])cc2)ncc1OC(C)=O)OC. The maximum atomic E-state index is 11.3. The number of non-ortho nitro benzene ring substituents is 1. The maximum absolute atomic E-state index is 11.3. The Morgan fingerprint density at radius 2 is 1.93 bits per heavy atom. The maximum Gasteiger partial charge on any atom is 0.308 e. The van der Waals surface area contributed by atoms with E-state index in [1.54, 1.807) is 12.1 Å². The van der Waals surface area contributed by atoms with E-state index in [1.165, 1.54) is 39.5 Å². The molecule has 0 bridgehead atoms. The van der Waals surface area contributed by atoms with Crippen LogP contribution in [0, 0.1) is 10.1 Å². The highest BCUT2D eigenvalue weighted by Gasteiger charge is 2.14. The first kappa shape index (κ1) is 20.2. The molecule has 0 unspecified atom stereocenters. The van der Waals surface area contributed by atoms with Gasteiger partial charge in [-0.2, -0.15) is 0 Å². The fraction of sp³-hybridized carbons (Fsp3) is 0.353. The predicted molar refractivity (Wildman–Crippen MR) is 95.5 cm³/mol. The number of rotatable bonds is 9. The minimum Gasteiger partial charge on any atom is -0.421 e. The molecule has 0 saturated carbocycles. The molecular formula is C17H20N4O6. The molecule has 0 spiro atoms. The van der Waals surface area contributed by atoms with Gasteiger partial charge in [-0.15, -0.1) is 0 Å². The average Bonchev–Trinajstić information content (AvgIpc) is 2.64. The molecule has 10 heteroatoms. The highest BCUT2D eigenvalue weighted by molar-refractivity contribution is 5.71. The van der Waals surface area contributed by atoms with Crippen LogP contribution in [0.25, 0.3) is 0 Å². The minimum atomic E-state index is -0.511. The van der Waals surface area contributed by atoms with Crippen LogP contribution in [0.2, 0.25) is 0 Å². The van der Waals surface area contributed by atoms with Gasteiger partial charge in [0.15, 0.2) is 17.9 Å². The second kappa shape index (κ2) is 9.55. The lowest BCUT2D eigenvalue weighted by atomic mass is 10.1. The summed E-state index contributed by atoms with van der Waals surface area (Å²) in [6, 6.07) is 6.12. The number of carbonyl (C=O) groups excluding carboxylic acids is 1. The number of methoxy groups -OCH3 is 2. The van der Waals surface area contributed by atoms with Crippen LogP contribution in [0.4, 0.5) is 11.5 Å². The van der Waals surface area contributed by atoms with E-state index in [4.69, 9.17) is 14.2 Å². The van der Waals surface area contributed by atoms with E-state index in [1.807, 2.05) is 0 Å². The van der Waals surface area contributed by atoms with Crippen molar-refractivity contribution in [1.29, 1.82) is 0 Å². The summed E-state index contributed by atoms with van der Waals surface area (Å²) in [4.78, 5) is 30.1. The number of nitro benzene ring substituents is 1. The number of anilines is 1. The Morgan fingerprint density at radius 1 is 1.26 bits per heavy atom. The van der Waals surface area contributed by atoms with Gasteiger partial charge in [0, 0.05) is 39.7 Å². The highest BCUT2D eigenvalue weighted by atomic mass is 16.7. The Kier molecular flexibility index (Phi) is 7.15. The standard InChI is InChI=1S/C17H20N4O6/c1-11(22)27-14-9-18-15(20-17(14)19-10-16(25-2)26-3)8-12-4-6-13(7-5-12)21(23)24/h4-7,9,16H,8,10H2,1-3H3,(H,18,19,20). The predicted octanol–water partition coefficient (Wildman–Crippen LogP) is 1.93. The quantitative estimate of drug-likeness (QED) is 0.302. The molecule has 0 aliphatic rings. The Morgan fingerprint density at radius 3 is 2.48 bits per heavy atom. The molecule has 144 valence electrons. The fourth-order valence-corrected chi connectivity index (χ4v) is 2.21. The number of esters is 1. The van der Waals surface area contributed by atoms with Gasteiger partial charge in [0.05, 0.1) is 17.7 Å². The summed E-state index contributed by atoms with van der Waals surface area (Å²) >= 11 is 0. The zero-order chi connectivity index (χ0) is 19.8. The number of nitrogens with one attached hydrogen (secondary N) is 1. The third-order valence-electron chi connectivity index (χ3n) is 3.53. The molecule has 1 heterocycles. The minimum absolute atomic E-state index is 0.0115. The number of carbonyl (C=O) groups is 1. The van der Waals surface area contributed by atoms with Gasteiger partial charge in [0.1, 0.15) is 5.82 Å². The first-order valence-corrected chi connectivity index (χ1v) is 8.00. The van der Waals surface area contributed by atoms with Crippen LogP contribution in [-0.4, -0.2) is 47.9 Å². The number of nitro groups is 1. The third-order valence-corrected chi connectivity index (χ3v) is 3.53. The number of nitrogens with zero attached hydrogens (tertiary/aromatic N) is 3. The van der Waals surface area contributed by atoms with Gasteiger partial charge in [-0.05, 0) is 5.56 Å². The second-order valence-electron chi connectivity index (χ2n) is 5.47. The topological polar surface area (TPSA) is 126 Å². The van der Waals surface area contributed by atoms with Gasteiger partial charge in [0.2, 0.25) is 0 Å². The number of benzene rings is 1. The normalized spacial score (nSPS) is 10.7. The molecule has 0 aliphatic carbocycles. The molecule has 27 heavy (non-hydrogen) atoms. The van der Waals surface area contributed by atoms with Crippen molar-refractivity contribution in [2.45, 2.75) is 19.6 Å². The lowest BCUT2D eigenvalue weighted by molar-refractivity contribution is -0.384. The number of aromatic nitrogens is 2. The van der Waals surface area contributed by atoms with Crippen molar-refractivity contribution in [3.63, 3.8) is 0 Å². The van der Waals surface area contributed by atoms with Gasteiger partial charge >= 0.3 is 5.97 Å². The van der Waals surface area contributed by atoms with Crippen molar-refractivity contribution in [2.75, 3.05) is 26.1 Å². The van der Waals surface area contributed by atoms with E-state index in [2.05, 4.69) is 15.3 Å². The van der Waals surface area contributed by atoms with Crippen LogP contribution in [0.1, 0.15) is 18.3 Å². The summed E-state index contributed by atoms with van der Waals surface area (Å²) in [5.41, 5.74) is 0.816. The van der Waals surface area contributed by atoms with Crippen LogP contribution in [0.15, 0.2) is 30.5 Å². The van der Waals surface area contributed by atoms with Crippen LogP contribution < -0.4 is 10.1 Å². The van der Waals surface area contributed by atoms with E-state index in [-0.39, 0.29) is 18.0 Å². The summed E-state index contributed by atoms with van der Waals surface area (Å²) in [5, 5.41) is 13.7. The van der Waals surface area contributed by atoms with Gasteiger partial charge in [-0.3, -0.25) is 14.9 Å². The van der Waals surface area contributed by atoms with Crippen LogP contribution in [-0.2, 0) is 20.7 Å². The molecule has 0 saturated heterocycles. The van der Waals surface area contributed by atoms with Crippen LogP contribution in [0.5, 0.6) is 5.75 Å². The lowest BCUT2D eigenvalue weighted by Crippen LogP contribution is -2.24. The zero-order valence-corrected chi connectivity index (χ0v) is 15.2. The van der Waals surface area contributed by atoms with Gasteiger partial charge in [-0.1, -0.05) is 12.1 Å². The van der Waals surface area contributed by atoms with E-state index in [9.17, 15) is 14.9 Å². The molecule has 10 nitrogen and oxygen atoms in total. The number of hydrogen-bond acceptors (Lipinski definition) is 9. The summed E-state index contributed by atoms with van der Waals surface area (Å²) in [5.74, 6) is 0.450.